The van der Waals surface area contributed by atoms with E-state index in [-0.39, 0.29) is 18.3 Å². The van der Waals surface area contributed by atoms with E-state index in [0.29, 0.717) is 6.04 Å². The Hall–Kier alpha value is -1.52. The molecule has 0 aliphatic heterocycles. The quantitative estimate of drug-likeness (QED) is 0.838. The zero-order valence-electron chi connectivity index (χ0n) is 14.8. The van der Waals surface area contributed by atoms with Crippen LogP contribution in [0.1, 0.15) is 48.2 Å². The van der Waals surface area contributed by atoms with E-state index in [1.54, 1.807) is 7.05 Å². The summed E-state index contributed by atoms with van der Waals surface area (Å²) in [6, 6.07) is 4.49. The van der Waals surface area contributed by atoms with E-state index in [0.717, 1.165) is 37.0 Å². The minimum Gasteiger partial charge on any atom is -0.361 e. The molecule has 3 rings (SSSR count). The number of amides is 1. The van der Waals surface area contributed by atoms with Crippen molar-refractivity contribution in [3.63, 3.8) is 0 Å². The van der Waals surface area contributed by atoms with Crippen LogP contribution in [-0.2, 0) is 12.8 Å². The first-order chi connectivity index (χ1) is 11.2. The lowest BCUT2D eigenvalue weighted by molar-refractivity contribution is 0.0961. The molecule has 1 heterocycles. The van der Waals surface area contributed by atoms with Gasteiger partial charge in [0, 0.05) is 35.8 Å². The summed E-state index contributed by atoms with van der Waals surface area (Å²) in [5.41, 5.74) is 4.55. The van der Waals surface area contributed by atoms with Crippen molar-refractivity contribution in [3.8, 4) is 0 Å². The van der Waals surface area contributed by atoms with Gasteiger partial charge in [-0.1, -0.05) is 13.8 Å². The number of hydrogen-bond donors (Lipinski definition) is 2. The average molecular weight is 350 g/mol. The van der Waals surface area contributed by atoms with E-state index < -0.39 is 0 Å². The largest absolute Gasteiger partial charge is 0.361 e. The maximum absolute atomic E-state index is 12.3. The monoisotopic (exact) mass is 349 g/mol. The van der Waals surface area contributed by atoms with Crippen molar-refractivity contribution in [2.24, 2.45) is 0 Å². The number of aromatic amines is 1. The Kier molecular flexibility index (Phi) is 6.30. The summed E-state index contributed by atoms with van der Waals surface area (Å²) >= 11 is 0. The van der Waals surface area contributed by atoms with Gasteiger partial charge >= 0.3 is 0 Å². The highest BCUT2D eigenvalue weighted by molar-refractivity contribution is 6.02. The summed E-state index contributed by atoms with van der Waals surface area (Å²) in [4.78, 5) is 18.3. The first-order valence-corrected chi connectivity index (χ1v) is 8.77. The molecule has 1 aromatic heterocycles. The number of nitrogens with zero attached hydrogens (tertiary/aromatic N) is 1. The Morgan fingerprint density at radius 2 is 1.96 bits per heavy atom. The van der Waals surface area contributed by atoms with Crippen LogP contribution in [0.5, 0.6) is 0 Å². The van der Waals surface area contributed by atoms with E-state index in [4.69, 9.17) is 0 Å². The van der Waals surface area contributed by atoms with Gasteiger partial charge in [-0.25, -0.2) is 0 Å². The Balaban J connectivity index is 0.00000208. The number of nitrogens with one attached hydrogen (secondary N) is 2. The molecular formula is C19H28ClN3O. The van der Waals surface area contributed by atoms with Crippen molar-refractivity contribution < 1.29 is 4.79 Å². The second-order valence-corrected chi connectivity index (χ2v) is 6.51. The molecule has 1 aliphatic carbocycles. The van der Waals surface area contributed by atoms with Gasteiger partial charge in [0.1, 0.15) is 0 Å². The van der Waals surface area contributed by atoms with E-state index in [2.05, 4.69) is 35.2 Å². The smallest absolute Gasteiger partial charge is 0.251 e. The molecule has 132 valence electrons. The minimum atomic E-state index is 0. The zero-order valence-corrected chi connectivity index (χ0v) is 15.6. The van der Waals surface area contributed by atoms with Crippen LogP contribution in [0.3, 0.4) is 0 Å². The number of rotatable bonds is 6. The number of hydrogen-bond acceptors (Lipinski definition) is 2. The first-order valence-electron chi connectivity index (χ1n) is 8.77. The number of carbonyl (C=O) groups excluding carboxylic acids is 1. The standard InChI is InChI=1S/C19H27N3O.ClH/c1-4-8-22(9-5-2)14-10-13-12-21-17-7-6-15(19(23)20-3)16(11-14)18(13)17;/h6-7,12,14,21H,4-5,8-11H2,1-3H3,(H,20,23);1H. The van der Waals surface area contributed by atoms with Gasteiger partial charge < -0.3 is 10.3 Å². The second kappa shape index (κ2) is 8.04. The molecule has 1 atom stereocenters. The fourth-order valence-corrected chi connectivity index (χ4v) is 3.96. The van der Waals surface area contributed by atoms with Crippen LogP contribution in [0.25, 0.3) is 10.9 Å². The molecule has 5 heteroatoms. The molecule has 2 N–H and O–H groups in total. The Bertz CT molecular complexity index is 704. The van der Waals surface area contributed by atoms with Gasteiger partial charge in [0.05, 0.1) is 0 Å². The zero-order chi connectivity index (χ0) is 16.4. The lowest BCUT2D eigenvalue weighted by atomic mass is 9.85. The van der Waals surface area contributed by atoms with Crippen molar-refractivity contribution in [1.29, 1.82) is 0 Å². The van der Waals surface area contributed by atoms with Crippen LogP contribution >= 0.6 is 12.4 Å². The summed E-state index contributed by atoms with van der Waals surface area (Å²) in [7, 11) is 1.71. The van der Waals surface area contributed by atoms with Crippen LogP contribution in [0, 0.1) is 0 Å². The summed E-state index contributed by atoms with van der Waals surface area (Å²) < 4.78 is 0. The highest BCUT2D eigenvalue weighted by Crippen LogP contribution is 2.33. The molecule has 0 fully saturated rings. The van der Waals surface area contributed by atoms with Crippen LogP contribution in [-0.4, -0.2) is 42.0 Å². The maximum Gasteiger partial charge on any atom is 0.251 e. The van der Waals surface area contributed by atoms with E-state index >= 15 is 0 Å². The van der Waals surface area contributed by atoms with Gasteiger partial charge in [-0.05, 0) is 62.0 Å². The normalized spacial score (nSPS) is 16.2. The molecule has 0 saturated heterocycles. The van der Waals surface area contributed by atoms with Gasteiger partial charge in [-0.15, -0.1) is 12.4 Å². The van der Waals surface area contributed by atoms with Crippen molar-refractivity contribution in [2.45, 2.75) is 45.6 Å². The van der Waals surface area contributed by atoms with Crippen LogP contribution in [0.4, 0.5) is 0 Å². The molecule has 0 saturated carbocycles. The third kappa shape index (κ3) is 3.31. The third-order valence-corrected chi connectivity index (χ3v) is 4.94. The molecule has 0 spiro atoms. The van der Waals surface area contributed by atoms with Crippen molar-refractivity contribution in [1.82, 2.24) is 15.2 Å². The van der Waals surface area contributed by atoms with E-state index in [1.807, 2.05) is 12.1 Å². The average Bonchev–Trinajstić information content (AvgIpc) is 2.98. The lowest BCUT2D eigenvalue weighted by Crippen LogP contribution is -2.41. The maximum atomic E-state index is 12.3. The van der Waals surface area contributed by atoms with Gasteiger partial charge in [0.15, 0.2) is 0 Å². The minimum absolute atomic E-state index is 0. The summed E-state index contributed by atoms with van der Waals surface area (Å²) in [6.07, 6.45) is 6.51. The third-order valence-electron chi connectivity index (χ3n) is 4.94. The fourth-order valence-electron chi connectivity index (χ4n) is 3.96. The summed E-state index contributed by atoms with van der Waals surface area (Å²) in [6.45, 7) is 6.74. The molecule has 1 unspecified atom stereocenters. The van der Waals surface area contributed by atoms with Crippen molar-refractivity contribution >= 4 is 29.2 Å². The molecule has 24 heavy (non-hydrogen) atoms. The molecule has 0 bridgehead atoms. The number of halogens is 1. The van der Waals surface area contributed by atoms with Crippen LogP contribution in [0.2, 0.25) is 0 Å². The molecular weight excluding hydrogens is 322 g/mol. The van der Waals surface area contributed by atoms with Gasteiger partial charge in [0.2, 0.25) is 0 Å². The first kappa shape index (κ1) is 18.8. The Morgan fingerprint density at radius 1 is 1.25 bits per heavy atom. The molecule has 2 aromatic rings. The number of carbonyl (C=O) groups is 1. The van der Waals surface area contributed by atoms with E-state index in [9.17, 15) is 4.79 Å². The predicted octanol–water partition coefficient (Wildman–Crippen LogP) is 3.54. The Morgan fingerprint density at radius 3 is 2.58 bits per heavy atom. The summed E-state index contributed by atoms with van der Waals surface area (Å²) in [5.74, 6) is 0.0206. The van der Waals surface area contributed by atoms with Crippen molar-refractivity contribution in [2.75, 3.05) is 20.1 Å². The van der Waals surface area contributed by atoms with Crippen LogP contribution in [0.15, 0.2) is 18.3 Å². The topological polar surface area (TPSA) is 48.1 Å². The Labute approximate surface area is 150 Å². The molecule has 0 radical (unpaired) electrons. The number of aromatic nitrogens is 1. The van der Waals surface area contributed by atoms with E-state index in [1.165, 1.54) is 29.4 Å². The molecule has 1 amide bonds. The number of benzene rings is 1. The fraction of sp³-hybridized carbons (Fsp3) is 0.526. The van der Waals surface area contributed by atoms with Crippen LogP contribution < -0.4 is 5.32 Å². The van der Waals surface area contributed by atoms with Crippen molar-refractivity contribution in [3.05, 3.63) is 35.0 Å². The summed E-state index contributed by atoms with van der Waals surface area (Å²) in [5, 5.41) is 4.06. The second-order valence-electron chi connectivity index (χ2n) is 6.51. The lowest BCUT2D eigenvalue weighted by Gasteiger charge is -2.34. The molecule has 1 aromatic carbocycles. The SMILES string of the molecule is CCCN(CCC)C1Cc2c[nH]c3ccc(C(=O)NC)c(c23)C1.Cl. The predicted molar refractivity (Wildman–Crippen MR) is 102 cm³/mol. The van der Waals surface area contributed by atoms with Gasteiger partial charge in [-0.2, -0.15) is 0 Å². The number of H-pyrrole nitrogens is 1. The highest BCUT2D eigenvalue weighted by atomic mass is 35.5. The highest BCUT2D eigenvalue weighted by Gasteiger charge is 2.28. The van der Waals surface area contributed by atoms with Gasteiger partial charge in [0.25, 0.3) is 5.91 Å². The molecule has 4 nitrogen and oxygen atoms in total. The van der Waals surface area contributed by atoms with Gasteiger partial charge in [-0.3, -0.25) is 9.69 Å². The molecule has 1 aliphatic rings.